The number of carbonyl (C=O) groups is 1. The van der Waals surface area contributed by atoms with Crippen LogP contribution in [0.4, 0.5) is 18.9 Å². The highest BCUT2D eigenvalue weighted by atomic mass is 19.4. The Morgan fingerprint density at radius 1 is 1.13 bits per heavy atom. The first-order chi connectivity index (χ1) is 10.7. The number of aromatic nitrogens is 1. The molecule has 2 aromatic rings. The van der Waals surface area contributed by atoms with Crippen molar-refractivity contribution in [1.82, 2.24) is 5.16 Å². The summed E-state index contributed by atoms with van der Waals surface area (Å²) < 4.78 is 42.1. The number of alkyl halides is 3. The Bertz CT molecular complexity index is 721. The van der Waals surface area contributed by atoms with Gasteiger partial charge in [0.05, 0.1) is 5.69 Å². The maximum Gasteiger partial charge on any atom is 0.471 e. The van der Waals surface area contributed by atoms with Gasteiger partial charge in [-0.15, -0.1) is 0 Å². The van der Waals surface area contributed by atoms with Crippen LogP contribution >= 0.6 is 0 Å². The summed E-state index contributed by atoms with van der Waals surface area (Å²) in [7, 11) is 0. The van der Waals surface area contributed by atoms with Gasteiger partial charge in [-0.25, -0.2) is 0 Å². The van der Waals surface area contributed by atoms with Crippen LogP contribution in [0.3, 0.4) is 0 Å². The van der Waals surface area contributed by atoms with Crippen molar-refractivity contribution in [1.29, 1.82) is 0 Å². The first-order valence-electron chi connectivity index (χ1n) is 7.07. The van der Waals surface area contributed by atoms with Crippen molar-refractivity contribution in [2.24, 2.45) is 0 Å². The summed E-state index contributed by atoms with van der Waals surface area (Å²) in [4.78, 5) is 11.1. The molecule has 0 fully saturated rings. The van der Waals surface area contributed by atoms with Gasteiger partial charge in [0.15, 0.2) is 0 Å². The zero-order valence-electron chi connectivity index (χ0n) is 13.0. The lowest BCUT2D eigenvalue weighted by Gasteiger charge is -2.14. The molecule has 0 aliphatic rings. The van der Waals surface area contributed by atoms with Crippen molar-refractivity contribution in [3.63, 3.8) is 0 Å². The van der Waals surface area contributed by atoms with Crippen molar-refractivity contribution >= 4 is 11.6 Å². The van der Waals surface area contributed by atoms with E-state index in [0.29, 0.717) is 24.2 Å². The van der Waals surface area contributed by atoms with E-state index in [2.05, 4.69) is 5.16 Å². The zero-order chi connectivity index (χ0) is 17.2. The van der Waals surface area contributed by atoms with E-state index in [1.165, 1.54) is 0 Å². The molecule has 1 N–H and O–H groups in total. The topological polar surface area (TPSA) is 55.1 Å². The summed E-state index contributed by atoms with van der Waals surface area (Å²) in [5, 5.41) is 5.81. The van der Waals surface area contributed by atoms with Crippen molar-refractivity contribution < 1.29 is 22.5 Å². The third-order valence-corrected chi connectivity index (χ3v) is 3.52. The number of carbonyl (C=O) groups excluding carboxylic acids is 1. The number of nitrogens with one attached hydrogen (secondary N) is 1. The van der Waals surface area contributed by atoms with Gasteiger partial charge in [0.1, 0.15) is 5.76 Å². The van der Waals surface area contributed by atoms with Gasteiger partial charge in [-0.1, -0.05) is 11.2 Å². The largest absolute Gasteiger partial charge is 0.471 e. The summed E-state index contributed by atoms with van der Waals surface area (Å²) in [6.07, 6.45) is -3.71. The number of aryl methyl sites for hydroxylation is 5. The fourth-order valence-corrected chi connectivity index (χ4v) is 2.29. The Balaban J connectivity index is 2.17. The number of hydrogen-bond acceptors (Lipinski definition) is 3. The van der Waals surface area contributed by atoms with Crippen LogP contribution in [0.5, 0.6) is 0 Å². The highest BCUT2D eigenvalue weighted by Crippen LogP contribution is 2.24. The number of rotatable bonds is 4. The summed E-state index contributed by atoms with van der Waals surface area (Å²) in [5.41, 5.74) is 3.34. The third kappa shape index (κ3) is 4.34. The second kappa shape index (κ2) is 6.44. The summed E-state index contributed by atoms with van der Waals surface area (Å²) in [6.45, 7) is 5.33. The average molecular weight is 326 g/mol. The van der Waals surface area contributed by atoms with Gasteiger partial charge in [0, 0.05) is 11.8 Å². The standard InChI is InChI=1S/C16H17F3N2O2/c1-9-6-10(2)14(20-15(22)16(17,18)19)8-12(9)4-5-13-7-11(3)23-21-13/h6-8H,4-5H2,1-3H3,(H,20,22). The van der Waals surface area contributed by atoms with E-state index in [0.717, 1.165) is 16.8 Å². The fourth-order valence-electron chi connectivity index (χ4n) is 2.29. The maximum atomic E-state index is 12.4. The van der Waals surface area contributed by atoms with Gasteiger partial charge >= 0.3 is 12.1 Å². The molecule has 1 aromatic heterocycles. The summed E-state index contributed by atoms with van der Waals surface area (Å²) in [5.74, 6) is -1.26. The van der Waals surface area contributed by atoms with E-state index in [-0.39, 0.29) is 5.69 Å². The quantitative estimate of drug-likeness (QED) is 0.927. The monoisotopic (exact) mass is 326 g/mol. The minimum atomic E-state index is -4.91. The first-order valence-corrected chi connectivity index (χ1v) is 7.07. The molecule has 1 heterocycles. The normalized spacial score (nSPS) is 11.6. The van der Waals surface area contributed by atoms with Crippen molar-refractivity contribution in [2.75, 3.05) is 5.32 Å². The van der Waals surface area contributed by atoms with Crippen LogP contribution in [-0.2, 0) is 17.6 Å². The number of benzene rings is 1. The number of amides is 1. The number of hydrogen-bond donors (Lipinski definition) is 1. The van der Waals surface area contributed by atoms with E-state index in [9.17, 15) is 18.0 Å². The number of halogens is 3. The Labute approximate surface area is 131 Å². The van der Waals surface area contributed by atoms with Crippen molar-refractivity contribution in [2.45, 2.75) is 39.8 Å². The highest BCUT2D eigenvalue weighted by Gasteiger charge is 2.38. The van der Waals surface area contributed by atoms with Crippen LogP contribution in [0.2, 0.25) is 0 Å². The molecule has 0 bridgehead atoms. The summed E-state index contributed by atoms with van der Waals surface area (Å²) in [6, 6.07) is 5.16. The molecular weight excluding hydrogens is 309 g/mol. The van der Waals surface area contributed by atoms with Crippen LogP contribution in [-0.4, -0.2) is 17.2 Å². The third-order valence-electron chi connectivity index (χ3n) is 3.52. The minimum Gasteiger partial charge on any atom is -0.361 e. The van der Waals surface area contributed by atoms with Crippen LogP contribution in [0.25, 0.3) is 0 Å². The Kier molecular flexibility index (Phi) is 4.77. The van der Waals surface area contributed by atoms with Gasteiger partial charge in [0.2, 0.25) is 0 Å². The molecule has 0 aliphatic carbocycles. The van der Waals surface area contributed by atoms with E-state index < -0.39 is 12.1 Å². The molecule has 4 nitrogen and oxygen atoms in total. The maximum absolute atomic E-state index is 12.4. The van der Waals surface area contributed by atoms with E-state index in [4.69, 9.17) is 4.52 Å². The van der Waals surface area contributed by atoms with E-state index in [1.54, 1.807) is 26.0 Å². The number of nitrogens with zero attached hydrogens (tertiary/aromatic N) is 1. The second-order valence-electron chi connectivity index (χ2n) is 5.47. The molecule has 7 heteroatoms. The lowest BCUT2D eigenvalue weighted by Crippen LogP contribution is -2.30. The van der Waals surface area contributed by atoms with Crippen LogP contribution in [0.15, 0.2) is 22.7 Å². The predicted octanol–water partition coefficient (Wildman–Crippen LogP) is 3.89. The van der Waals surface area contributed by atoms with E-state index >= 15 is 0 Å². The molecule has 0 saturated heterocycles. The number of anilines is 1. The van der Waals surface area contributed by atoms with Gasteiger partial charge in [0.25, 0.3) is 0 Å². The van der Waals surface area contributed by atoms with Crippen LogP contribution in [0, 0.1) is 20.8 Å². The Hall–Kier alpha value is -2.31. The van der Waals surface area contributed by atoms with Crippen LogP contribution in [0.1, 0.15) is 28.1 Å². The molecule has 0 spiro atoms. The Morgan fingerprint density at radius 3 is 2.39 bits per heavy atom. The highest BCUT2D eigenvalue weighted by molar-refractivity contribution is 5.95. The van der Waals surface area contributed by atoms with Crippen LogP contribution < -0.4 is 5.32 Å². The SMILES string of the molecule is Cc1cc(CCc2cc(NC(=O)C(F)(F)F)c(C)cc2C)no1. The fraction of sp³-hybridized carbons (Fsp3) is 0.375. The van der Waals surface area contributed by atoms with Gasteiger partial charge in [-0.2, -0.15) is 13.2 Å². The lowest BCUT2D eigenvalue weighted by molar-refractivity contribution is -0.167. The smallest absolute Gasteiger partial charge is 0.361 e. The predicted molar refractivity (Wildman–Crippen MR) is 79.2 cm³/mol. The molecule has 124 valence electrons. The van der Waals surface area contributed by atoms with Crippen molar-refractivity contribution in [3.05, 3.63) is 46.3 Å². The molecular formula is C16H17F3N2O2. The van der Waals surface area contributed by atoms with Crippen molar-refractivity contribution in [3.8, 4) is 0 Å². The van der Waals surface area contributed by atoms with Gasteiger partial charge in [-0.3, -0.25) is 4.79 Å². The summed E-state index contributed by atoms with van der Waals surface area (Å²) >= 11 is 0. The second-order valence-corrected chi connectivity index (χ2v) is 5.47. The molecule has 0 radical (unpaired) electrons. The Morgan fingerprint density at radius 2 is 1.83 bits per heavy atom. The molecule has 0 atom stereocenters. The van der Waals surface area contributed by atoms with Gasteiger partial charge in [-0.05, 0) is 56.4 Å². The molecule has 0 unspecified atom stereocenters. The molecule has 1 aromatic carbocycles. The molecule has 0 saturated carbocycles. The first kappa shape index (κ1) is 17.1. The lowest BCUT2D eigenvalue weighted by atomic mass is 9.99. The zero-order valence-corrected chi connectivity index (χ0v) is 13.0. The molecule has 23 heavy (non-hydrogen) atoms. The molecule has 1 amide bonds. The van der Waals surface area contributed by atoms with E-state index in [1.807, 2.05) is 18.3 Å². The average Bonchev–Trinajstić information content (AvgIpc) is 2.85. The van der Waals surface area contributed by atoms with Gasteiger partial charge < -0.3 is 9.84 Å². The molecule has 2 rings (SSSR count). The minimum absolute atomic E-state index is 0.171. The molecule has 0 aliphatic heterocycles.